The number of alkyl halides is 3. The van der Waals surface area contributed by atoms with Crippen molar-refractivity contribution in [2.45, 2.75) is 50.6 Å². The molecule has 0 bridgehead atoms. The Labute approximate surface area is 228 Å². The van der Waals surface area contributed by atoms with Gasteiger partial charge in [0.1, 0.15) is 17.6 Å². The zero-order chi connectivity index (χ0) is 28.4. The fraction of sp³-hybridized carbons (Fsp3) is 0.480. The summed E-state index contributed by atoms with van der Waals surface area (Å²) in [5.41, 5.74) is 5.36. The fourth-order valence-corrected chi connectivity index (χ4v) is 4.97. The van der Waals surface area contributed by atoms with Crippen LogP contribution in [0.4, 0.5) is 23.7 Å². The molecule has 10 nitrogen and oxygen atoms in total. The second-order valence-electron chi connectivity index (χ2n) is 10.1. The number of aromatic nitrogens is 3. The Morgan fingerprint density at radius 2 is 1.90 bits per heavy atom. The molecule has 39 heavy (non-hydrogen) atoms. The molecule has 1 aromatic carbocycles. The maximum atomic E-state index is 13.0. The standard InChI is InChI=1S/C25H31F3N6O4S/c1-24(2,3)39-32-15-5-6-17(20(11-15)37-4)19-12-18-21(22(30-14-29-18)38-13-25(26,27)28)34(19)16-7-9-33(10-8-16)31-23(35)36/h5-6,11-12,14,16,31-32H,7-10,13H2,1-4H3,(H,35,36). The van der Waals surface area contributed by atoms with Gasteiger partial charge in [0.05, 0.1) is 18.3 Å². The molecule has 0 radical (unpaired) electrons. The Morgan fingerprint density at radius 1 is 1.18 bits per heavy atom. The van der Waals surface area contributed by atoms with Gasteiger partial charge in [-0.15, -0.1) is 0 Å². The van der Waals surface area contributed by atoms with Crippen LogP contribution in [0.5, 0.6) is 11.6 Å². The highest BCUT2D eigenvalue weighted by molar-refractivity contribution is 8.01. The molecule has 1 aliphatic rings. The number of ether oxygens (including phenoxy) is 2. The van der Waals surface area contributed by atoms with Crippen LogP contribution in [0.25, 0.3) is 22.3 Å². The molecule has 3 heterocycles. The predicted octanol–water partition coefficient (Wildman–Crippen LogP) is 5.73. The molecule has 3 aromatic rings. The highest BCUT2D eigenvalue weighted by Gasteiger charge is 2.32. The number of halogens is 3. The first-order chi connectivity index (χ1) is 18.3. The summed E-state index contributed by atoms with van der Waals surface area (Å²) < 4.78 is 55.2. The topological polar surface area (TPSA) is 114 Å². The van der Waals surface area contributed by atoms with Gasteiger partial charge in [-0.2, -0.15) is 18.2 Å². The third-order valence-corrected chi connectivity index (χ3v) is 6.95. The smallest absolute Gasteiger partial charge is 0.422 e. The van der Waals surface area contributed by atoms with Crippen molar-refractivity contribution >= 4 is 34.8 Å². The number of hydrazine groups is 1. The first-order valence-corrected chi connectivity index (χ1v) is 13.1. The summed E-state index contributed by atoms with van der Waals surface area (Å²) in [6.07, 6.45) is -3.47. The van der Waals surface area contributed by atoms with E-state index in [2.05, 4.69) is 40.9 Å². The number of anilines is 1. The number of nitrogens with one attached hydrogen (secondary N) is 2. The number of piperidine rings is 1. The van der Waals surface area contributed by atoms with Gasteiger partial charge < -0.3 is 23.9 Å². The summed E-state index contributed by atoms with van der Waals surface area (Å²) in [4.78, 5) is 19.4. The van der Waals surface area contributed by atoms with Crippen molar-refractivity contribution in [3.63, 3.8) is 0 Å². The van der Waals surface area contributed by atoms with Gasteiger partial charge >= 0.3 is 12.3 Å². The first-order valence-electron chi connectivity index (χ1n) is 12.3. The van der Waals surface area contributed by atoms with E-state index in [9.17, 15) is 18.0 Å². The number of benzene rings is 1. The van der Waals surface area contributed by atoms with E-state index in [1.54, 1.807) is 30.1 Å². The minimum atomic E-state index is -4.54. The maximum Gasteiger partial charge on any atom is 0.422 e. The van der Waals surface area contributed by atoms with Crippen molar-refractivity contribution in [1.29, 1.82) is 0 Å². The summed E-state index contributed by atoms with van der Waals surface area (Å²) in [6.45, 7) is 5.59. The Kier molecular flexibility index (Phi) is 8.35. The molecule has 0 unspecified atom stereocenters. The highest BCUT2D eigenvalue weighted by Crippen LogP contribution is 2.42. The average Bonchev–Trinajstić information content (AvgIpc) is 3.25. The van der Waals surface area contributed by atoms with Gasteiger partial charge in [-0.1, -0.05) is 0 Å². The molecule has 0 spiro atoms. The normalized spacial score (nSPS) is 15.4. The monoisotopic (exact) mass is 568 g/mol. The van der Waals surface area contributed by atoms with Crippen LogP contribution in [0.15, 0.2) is 30.6 Å². The Hall–Kier alpha value is -3.39. The lowest BCUT2D eigenvalue weighted by molar-refractivity contribution is -0.153. The van der Waals surface area contributed by atoms with Gasteiger partial charge in [-0.05, 0) is 63.8 Å². The van der Waals surface area contributed by atoms with Crippen molar-refractivity contribution in [3.8, 4) is 22.9 Å². The molecule has 212 valence electrons. The second-order valence-corrected chi connectivity index (χ2v) is 11.7. The van der Waals surface area contributed by atoms with Crippen LogP contribution in [-0.2, 0) is 0 Å². The van der Waals surface area contributed by atoms with Gasteiger partial charge in [-0.25, -0.2) is 14.8 Å². The summed E-state index contributed by atoms with van der Waals surface area (Å²) in [6, 6.07) is 7.25. The Bertz CT molecular complexity index is 1320. The minimum Gasteiger partial charge on any atom is -0.496 e. The largest absolute Gasteiger partial charge is 0.496 e. The molecule has 2 aromatic heterocycles. The number of nitrogens with zero attached hydrogens (tertiary/aromatic N) is 4. The SMILES string of the molecule is COc1cc(NSC(C)(C)C)ccc1-c1cc2ncnc(OCC(F)(F)F)c2n1C1CCN(NC(=O)O)CC1. The van der Waals surface area contributed by atoms with Crippen LogP contribution < -0.4 is 19.6 Å². The summed E-state index contributed by atoms with van der Waals surface area (Å²) in [5, 5.41) is 10.7. The van der Waals surface area contributed by atoms with Crippen molar-refractivity contribution in [3.05, 3.63) is 30.6 Å². The first kappa shape index (κ1) is 28.6. The lowest BCUT2D eigenvalue weighted by atomic mass is 10.0. The van der Waals surface area contributed by atoms with Gasteiger partial charge in [0.25, 0.3) is 0 Å². The van der Waals surface area contributed by atoms with Crippen molar-refractivity contribution < 1.29 is 32.5 Å². The van der Waals surface area contributed by atoms with E-state index < -0.39 is 18.9 Å². The minimum absolute atomic E-state index is 0.0197. The number of rotatable bonds is 8. The highest BCUT2D eigenvalue weighted by atomic mass is 32.2. The molecule has 1 fully saturated rings. The molecule has 1 aliphatic heterocycles. The molecule has 0 aliphatic carbocycles. The number of carbonyl (C=O) groups is 1. The molecule has 3 N–H and O–H groups in total. The lowest BCUT2D eigenvalue weighted by Gasteiger charge is -2.33. The van der Waals surface area contributed by atoms with Gasteiger partial charge in [0, 0.05) is 41.2 Å². The number of hydrogen-bond acceptors (Lipinski definition) is 8. The van der Waals surface area contributed by atoms with E-state index in [-0.39, 0.29) is 16.7 Å². The molecule has 1 saturated heterocycles. The van der Waals surface area contributed by atoms with E-state index in [4.69, 9.17) is 14.6 Å². The van der Waals surface area contributed by atoms with Crippen LogP contribution in [0.2, 0.25) is 0 Å². The van der Waals surface area contributed by atoms with E-state index in [1.165, 1.54) is 6.33 Å². The fourth-order valence-electron chi connectivity index (χ4n) is 4.42. The number of carboxylic acid groups (broad SMARTS) is 1. The molecule has 4 rings (SSSR count). The molecule has 14 heteroatoms. The number of methoxy groups -OCH3 is 1. The summed E-state index contributed by atoms with van der Waals surface area (Å²) in [5.74, 6) is 0.391. The average molecular weight is 569 g/mol. The summed E-state index contributed by atoms with van der Waals surface area (Å²) in [7, 11) is 1.56. The second kappa shape index (κ2) is 11.4. The van der Waals surface area contributed by atoms with Gasteiger partial charge in [0.2, 0.25) is 5.88 Å². The van der Waals surface area contributed by atoms with Crippen LogP contribution in [0.3, 0.4) is 0 Å². The molecule has 0 saturated carbocycles. The van der Waals surface area contributed by atoms with Gasteiger partial charge in [-0.3, -0.25) is 5.43 Å². The Balaban J connectivity index is 1.79. The third-order valence-electron chi connectivity index (χ3n) is 6.00. The van der Waals surface area contributed by atoms with E-state index in [0.717, 1.165) is 11.3 Å². The van der Waals surface area contributed by atoms with E-state index in [1.807, 2.05) is 22.8 Å². The zero-order valence-electron chi connectivity index (χ0n) is 22.0. The van der Waals surface area contributed by atoms with Crippen LogP contribution in [0, 0.1) is 0 Å². The van der Waals surface area contributed by atoms with E-state index >= 15 is 0 Å². The maximum absolute atomic E-state index is 13.0. The molecular formula is C25H31F3N6O4S. The van der Waals surface area contributed by atoms with Crippen LogP contribution >= 0.6 is 11.9 Å². The molecular weight excluding hydrogens is 537 g/mol. The third kappa shape index (κ3) is 7.18. The lowest BCUT2D eigenvalue weighted by Crippen LogP contribution is -2.46. The molecule has 1 amide bonds. The van der Waals surface area contributed by atoms with Crippen LogP contribution in [0.1, 0.15) is 39.7 Å². The molecule has 0 atom stereocenters. The predicted molar refractivity (Wildman–Crippen MR) is 143 cm³/mol. The van der Waals surface area contributed by atoms with Crippen molar-refractivity contribution in [2.24, 2.45) is 0 Å². The Morgan fingerprint density at radius 3 is 2.51 bits per heavy atom. The van der Waals surface area contributed by atoms with Crippen molar-refractivity contribution in [1.82, 2.24) is 25.0 Å². The summed E-state index contributed by atoms with van der Waals surface area (Å²) >= 11 is 1.56. The van der Waals surface area contributed by atoms with Gasteiger partial charge in [0.15, 0.2) is 6.61 Å². The zero-order valence-corrected chi connectivity index (χ0v) is 22.8. The quantitative estimate of drug-likeness (QED) is 0.293. The van der Waals surface area contributed by atoms with E-state index in [0.29, 0.717) is 48.4 Å². The van der Waals surface area contributed by atoms with Crippen LogP contribution in [-0.4, -0.2) is 68.5 Å². The van der Waals surface area contributed by atoms with Crippen molar-refractivity contribution in [2.75, 3.05) is 31.5 Å². The number of amides is 1. The number of hydrogen-bond donors (Lipinski definition) is 3. The number of fused-ring (bicyclic) bond motifs is 1.